The molecule has 36 heavy (non-hydrogen) atoms. The fraction of sp³-hybridized carbons (Fsp3) is 0.333. The average Bonchev–Trinajstić information content (AvgIpc) is 3.54. The minimum Gasteiger partial charge on any atom is -0.496 e. The number of hydrogen-bond donors (Lipinski definition) is 2. The van der Waals surface area contributed by atoms with Crippen molar-refractivity contribution in [2.24, 2.45) is 0 Å². The SMILES string of the molecule is COc1cc(OC)c2cc(C(=O)N(C)CCCCCc3cc(-c4cccc(F)c4)n[nH]3)[nH]c2c1OC. The van der Waals surface area contributed by atoms with Crippen LogP contribution in [-0.4, -0.2) is 60.9 Å². The Morgan fingerprint density at radius 1 is 1.00 bits per heavy atom. The van der Waals surface area contributed by atoms with Crippen LogP contribution in [-0.2, 0) is 6.42 Å². The number of methoxy groups -OCH3 is 3. The van der Waals surface area contributed by atoms with Gasteiger partial charge in [0, 0.05) is 36.3 Å². The molecule has 0 aliphatic rings. The van der Waals surface area contributed by atoms with Crippen LogP contribution in [0.25, 0.3) is 22.2 Å². The average molecular weight is 495 g/mol. The van der Waals surface area contributed by atoms with E-state index in [9.17, 15) is 9.18 Å². The second kappa shape index (κ2) is 11.2. The number of H-pyrrole nitrogens is 2. The van der Waals surface area contributed by atoms with Crippen LogP contribution < -0.4 is 14.2 Å². The van der Waals surface area contributed by atoms with Crippen molar-refractivity contribution in [2.75, 3.05) is 34.9 Å². The van der Waals surface area contributed by atoms with Crippen molar-refractivity contribution in [3.63, 3.8) is 0 Å². The molecule has 0 atom stereocenters. The van der Waals surface area contributed by atoms with E-state index in [4.69, 9.17) is 14.2 Å². The lowest BCUT2D eigenvalue weighted by molar-refractivity contribution is 0.0787. The van der Waals surface area contributed by atoms with Crippen molar-refractivity contribution in [1.82, 2.24) is 20.1 Å². The van der Waals surface area contributed by atoms with Crippen LogP contribution in [0.3, 0.4) is 0 Å². The molecular formula is C27H31FN4O4. The number of aromatic nitrogens is 3. The zero-order chi connectivity index (χ0) is 25.7. The fourth-order valence-corrected chi connectivity index (χ4v) is 4.29. The molecule has 9 heteroatoms. The van der Waals surface area contributed by atoms with Gasteiger partial charge in [-0.3, -0.25) is 9.89 Å². The molecule has 0 radical (unpaired) electrons. The van der Waals surface area contributed by atoms with Crippen LogP contribution in [0.1, 0.15) is 35.4 Å². The van der Waals surface area contributed by atoms with E-state index in [1.807, 2.05) is 12.1 Å². The minimum atomic E-state index is -0.277. The molecule has 2 aromatic heterocycles. The van der Waals surface area contributed by atoms with E-state index in [0.29, 0.717) is 35.0 Å². The van der Waals surface area contributed by atoms with E-state index < -0.39 is 0 Å². The highest BCUT2D eigenvalue weighted by molar-refractivity contribution is 6.02. The Hall–Kier alpha value is -4.01. The number of amides is 1. The maximum Gasteiger partial charge on any atom is 0.270 e. The van der Waals surface area contributed by atoms with Gasteiger partial charge in [0.1, 0.15) is 17.3 Å². The summed E-state index contributed by atoms with van der Waals surface area (Å²) in [5, 5.41) is 8.08. The molecule has 2 heterocycles. The molecule has 0 saturated heterocycles. The molecule has 2 N–H and O–H groups in total. The smallest absolute Gasteiger partial charge is 0.270 e. The van der Waals surface area contributed by atoms with E-state index in [2.05, 4.69) is 15.2 Å². The Kier molecular flexibility index (Phi) is 7.77. The van der Waals surface area contributed by atoms with Gasteiger partial charge in [0.2, 0.25) is 0 Å². The zero-order valence-corrected chi connectivity index (χ0v) is 21.0. The number of carbonyl (C=O) groups excluding carboxylic acids is 1. The molecule has 2 aromatic carbocycles. The summed E-state index contributed by atoms with van der Waals surface area (Å²) in [5.41, 5.74) is 3.61. The molecule has 8 nitrogen and oxygen atoms in total. The summed E-state index contributed by atoms with van der Waals surface area (Å²) in [6, 6.07) is 11.9. The highest BCUT2D eigenvalue weighted by atomic mass is 19.1. The molecule has 190 valence electrons. The Bertz CT molecular complexity index is 1350. The van der Waals surface area contributed by atoms with Crippen LogP contribution in [0.5, 0.6) is 17.2 Å². The van der Waals surface area contributed by atoms with Gasteiger partial charge in [-0.1, -0.05) is 18.6 Å². The summed E-state index contributed by atoms with van der Waals surface area (Å²) in [6.45, 7) is 0.628. The molecule has 4 aromatic rings. The fourth-order valence-electron chi connectivity index (χ4n) is 4.29. The van der Waals surface area contributed by atoms with Crippen molar-refractivity contribution < 1.29 is 23.4 Å². The number of unbranched alkanes of at least 4 members (excludes halogenated alkanes) is 2. The number of ether oxygens (including phenoxy) is 3. The van der Waals surface area contributed by atoms with Gasteiger partial charge in [-0.2, -0.15) is 5.10 Å². The third-order valence-electron chi connectivity index (χ3n) is 6.21. The second-order valence-corrected chi connectivity index (χ2v) is 8.61. The first kappa shape index (κ1) is 25.1. The van der Waals surface area contributed by atoms with Gasteiger partial charge < -0.3 is 24.1 Å². The first-order valence-corrected chi connectivity index (χ1v) is 11.8. The van der Waals surface area contributed by atoms with Gasteiger partial charge in [0.25, 0.3) is 5.91 Å². The lowest BCUT2D eigenvalue weighted by Gasteiger charge is -2.16. The van der Waals surface area contributed by atoms with E-state index in [0.717, 1.165) is 48.0 Å². The van der Waals surface area contributed by atoms with Gasteiger partial charge in [-0.25, -0.2) is 4.39 Å². The number of halogens is 1. The van der Waals surface area contributed by atoms with Gasteiger partial charge in [0.15, 0.2) is 11.5 Å². The Balaban J connectivity index is 1.31. The molecule has 0 aliphatic heterocycles. The number of hydrogen-bond acceptors (Lipinski definition) is 5. The van der Waals surface area contributed by atoms with Crippen LogP contribution in [0.4, 0.5) is 4.39 Å². The molecule has 0 unspecified atom stereocenters. The first-order chi connectivity index (χ1) is 17.4. The van der Waals surface area contributed by atoms with Gasteiger partial charge in [-0.15, -0.1) is 0 Å². The molecule has 0 aliphatic carbocycles. The number of fused-ring (bicyclic) bond motifs is 1. The second-order valence-electron chi connectivity index (χ2n) is 8.61. The van der Waals surface area contributed by atoms with Gasteiger partial charge in [-0.05, 0) is 43.5 Å². The quantitative estimate of drug-likeness (QED) is 0.279. The number of aryl methyl sites for hydroxylation is 1. The Morgan fingerprint density at radius 2 is 1.81 bits per heavy atom. The predicted molar refractivity (Wildman–Crippen MR) is 136 cm³/mol. The van der Waals surface area contributed by atoms with Crippen molar-refractivity contribution in [2.45, 2.75) is 25.7 Å². The van der Waals surface area contributed by atoms with E-state index >= 15 is 0 Å². The van der Waals surface area contributed by atoms with Crippen LogP contribution in [0.2, 0.25) is 0 Å². The maximum absolute atomic E-state index is 13.4. The summed E-state index contributed by atoms with van der Waals surface area (Å²) < 4.78 is 29.8. The number of benzene rings is 2. The topological polar surface area (TPSA) is 92.5 Å². The lowest BCUT2D eigenvalue weighted by atomic mass is 10.1. The van der Waals surface area contributed by atoms with Gasteiger partial charge in [0.05, 0.1) is 32.5 Å². The number of nitrogens with one attached hydrogen (secondary N) is 2. The molecular weight excluding hydrogens is 463 g/mol. The van der Waals surface area contributed by atoms with Crippen molar-refractivity contribution in [3.8, 4) is 28.5 Å². The third-order valence-corrected chi connectivity index (χ3v) is 6.21. The maximum atomic E-state index is 13.4. The largest absolute Gasteiger partial charge is 0.496 e. The Morgan fingerprint density at radius 3 is 2.53 bits per heavy atom. The van der Waals surface area contributed by atoms with E-state index in [-0.39, 0.29) is 11.7 Å². The number of nitrogens with zero attached hydrogens (tertiary/aromatic N) is 2. The number of rotatable bonds is 11. The van der Waals surface area contributed by atoms with Crippen molar-refractivity contribution in [3.05, 3.63) is 59.7 Å². The van der Waals surface area contributed by atoms with Crippen LogP contribution >= 0.6 is 0 Å². The third kappa shape index (κ3) is 5.30. The van der Waals surface area contributed by atoms with Crippen LogP contribution in [0, 0.1) is 5.82 Å². The van der Waals surface area contributed by atoms with Crippen molar-refractivity contribution >= 4 is 16.8 Å². The van der Waals surface area contributed by atoms with E-state index in [1.165, 1.54) is 12.1 Å². The summed E-state index contributed by atoms with van der Waals surface area (Å²) in [5.74, 6) is 1.26. The number of aromatic amines is 2. The Labute approximate surface area is 209 Å². The standard InChI is InChI=1S/C27H31FN4O4/c1-32(12-7-5-6-11-19-14-21(31-30-19)17-9-8-10-18(28)13-17)27(33)22-15-20-23(34-2)16-24(35-3)26(36-4)25(20)29-22/h8-10,13-16,29H,5-7,11-12H2,1-4H3,(H,30,31). The summed E-state index contributed by atoms with van der Waals surface area (Å²) in [7, 11) is 6.49. The minimum absolute atomic E-state index is 0.109. The molecule has 0 fully saturated rings. The predicted octanol–water partition coefficient (Wildman–Crippen LogP) is 5.21. The molecule has 0 bridgehead atoms. The first-order valence-electron chi connectivity index (χ1n) is 11.8. The highest BCUT2D eigenvalue weighted by Crippen LogP contribution is 2.41. The molecule has 4 rings (SSSR count). The van der Waals surface area contributed by atoms with Crippen LogP contribution in [0.15, 0.2) is 42.5 Å². The summed E-state index contributed by atoms with van der Waals surface area (Å²) in [6.07, 6.45) is 3.61. The van der Waals surface area contributed by atoms with Gasteiger partial charge >= 0.3 is 0 Å². The highest BCUT2D eigenvalue weighted by Gasteiger charge is 2.21. The molecule has 0 spiro atoms. The summed E-state index contributed by atoms with van der Waals surface area (Å²) in [4.78, 5) is 17.9. The normalized spacial score (nSPS) is 11.0. The number of carbonyl (C=O) groups is 1. The summed E-state index contributed by atoms with van der Waals surface area (Å²) >= 11 is 0. The monoisotopic (exact) mass is 494 g/mol. The molecule has 0 saturated carbocycles. The zero-order valence-electron chi connectivity index (χ0n) is 21.0. The molecule has 1 amide bonds. The van der Waals surface area contributed by atoms with Crippen molar-refractivity contribution in [1.29, 1.82) is 0 Å². The van der Waals surface area contributed by atoms with E-state index in [1.54, 1.807) is 51.5 Å². The lowest BCUT2D eigenvalue weighted by Crippen LogP contribution is -2.28.